The highest BCUT2D eigenvalue weighted by atomic mass is 32.2. The summed E-state index contributed by atoms with van der Waals surface area (Å²) in [6, 6.07) is 5.14. The minimum absolute atomic E-state index is 0.0429. The van der Waals surface area contributed by atoms with Gasteiger partial charge in [-0.05, 0) is 18.2 Å². The average molecular weight is 261 g/mol. The van der Waals surface area contributed by atoms with Crippen LogP contribution >= 0.6 is 11.8 Å². The van der Waals surface area contributed by atoms with Gasteiger partial charge in [-0.15, -0.1) is 0 Å². The molecule has 0 aliphatic rings. The van der Waals surface area contributed by atoms with Crippen molar-refractivity contribution in [1.29, 1.82) is 0 Å². The lowest BCUT2D eigenvalue weighted by Gasteiger charge is -2.03. The number of nitrogen functional groups attached to an aromatic ring is 1. The van der Waals surface area contributed by atoms with Gasteiger partial charge in [-0.2, -0.15) is 13.2 Å². The van der Waals surface area contributed by atoms with Crippen molar-refractivity contribution in [3.05, 3.63) is 18.2 Å². The average Bonchev–Trinajstić information content (AvgIpc) is 2.57. The number of nitrogens with two attached hydrogens (primary N) is 1. The van der Waals surface area contributed by atoms with Crippen LogP contribution in [0, 0.1) is 0 Å². The zero-order valence-corrected chi connectivity index (χ0v) is 9.53. The molecule has 0 radical (unpaired) electrons. The van der Waals surface area contributed by atoms with E-state index in [4.69, 9.17) is 5.73 Å². The van der Waals surface area contributed by atoms with Crippen molar-refractivity contribution in [2.75, 3.05) is 11.5 Å². The van der Waals surface area contributed by atoms with Gasteiger partial charge >= 0.3 is 6.18 Å². The van der Waals surface area contributed by atoms with Crippen LogP contribution in [-0.2, 0) is 0 Å². The van der Waals surface area contributed by atoms with Gasteiger partial charge in [0, 0.05) is 11.4 Å². The number of hydrogen-bond acceptors (Lipinski definition) is 3. The molecule has 0 spiro atoms. The molecule has 0 amide bonds. The number of anilines is 1. The summed E-state index contributed by atoms with van der Waals surface area (Å²) in [7, 11) is 0. The highest BCUT2D eigenvalue weighted by Gasteiger charge is 2.26. The Morgan fingerprint density at radius 1 is 1.35 bits per heavy atom. The van der Waals surface area contributed by atoms with Crippen molar-refractivity contribution in [2.45, 2.75) is 17.8 Å². The number of aromatic amines is 1. The normalized spacial score (nSPS) is 12.2. The van der Waals surface area contributed by atoms with Crippen LogP contribution in [0.15, 0.2) is 23.4 Å². The van der Waals surface area contributed by atoms with E-state index in [9.17, 15) is 13.2 Å². The van der Waals surface area contributed by atoms with Gasteiger partial charge in [-0.1, -0.05) is 11.8 Å². The Kier molecular flexibility index (Phi) is 3.19. The number of benzene rings is 1. The molecule has 1 heterocycles. The van der Waals surface area contributed by atoms with Crippen LogP contribution in [0.2, 0.25) is 0 Å². The monoisotopic (exact) mass is 261 g/mol. The molecule has 3 nitrogen and oxygen atoms in total. The van der Waals surface area contributed by atoms with Crippen LogP contribution in [0.5, 0.6) is 0 Å². The number of aromatic nitrogens is 2. The molecule has 92 valence electrons. The molecule has 1 aromatic heterocycles. The molecule has 3 N–H and O–H groups in total. The largest absolute Gasteiger partial charge is 0.399 e. The summed E-state index contributed by atoms with van der Waals surface area (Å²) in [5.74, 6) is -0.0429. The zero-order chi connectivity index (χ0) is 12.5. The Morgan fingerprint density at radius 2 is 2.12 bits per heavy atom. The topological polar surface area (TPSA) is 54.7 Å². The number of hydrogen-bond donors (Lipinski definition) is 2. The molecule has 2 aromatic rings. The second-order valence-corrected chi connectivity index (χ2v) is 4.62. The zero-order valence-electron chi connectivity index (χ0n) is 8.71. The third-order valence-corrected chi connectivity index (χ3v) is 2.98. The summed E-state index contributed by atoms with van der Waals surface area (Å²) in [5.41, 5.74) is 7.62. The van der Waals surface area contributed by atoms with E-state index in [0.29, 0.717) is 16.4 Å². The maximum atomic E-state index is 12.0. The summed E-state index contributed by atoms with van der Waals surface area (Å²) >= 11 is 1.05. The van der Waals surface area contributed by atoms with Crippen molar-refractivity contribution in [1.82, 2.24) is 9.97 Å². The number of H-pyrrole nitrogens is 1. The van der Waals surface area contributed by atoms with Gasteiger partial charge in [0.2, 0.25) is 0 Å². The highest BCUT2D eigenvalue weighted by Crippen LogP contribution is 2.26. The van der Waals surface area contributed by atoms with Gasteiger partial charge < -0.3 is 10.7 Å². The number of nitrogens with one attached hydrogen (secondary N) is 1. The van der Waals surface area contributed by atoms with Crippen molar-refractivity contribution < 1.29 is 13.2 Å². The minimum Gasteiger partial charge on any atom is -0.399 e. The minimum atomic E-state index is -4.12. The lowest BCUT2D eigenvalue weighted by molar-refractivity contribution is -0.129. The fourth-order valence-corrected chi connectivity index (χ4v) is 2.21. The number of imidazole rings is 1. The van der Waals surface area contributed by atoms with Gasteiger partial charge in [0.1, 0.15) is 0 Å². The molecule has 2 rings (SSSR count). The molecule has 0 fully saturated rings. The van der Waals surface area contributed by atoms with E-state index < -0.39 is 12.6 Å². The van der Waals surface area contributed by atoms with E-state index in [1.165, 1.54) is 0 Å². The van der Waals surface area contributed by atoms with Crippen LogP contribution in [0.1, 0.15) is 6.42 Å². The predicted molar refractivity (Wildman–Crippen MR) is 61.9 cm³/mol. The summed E-state index contributed by atoms with van der Waals surface area (Å²) in [4.78, 5) is 7.09. The third-order valence-electron chi connectivity index (χ3n) is 2.11. The van der Waals surface area contributed by atoms with Crippen LogP contribution in [-0.4, -0.2) is 21.9 Å². The van der Waals surface area contributed by atoms with E-state index >= 15 is 0 Å². The van der Waals surface area contributed by atoms with Crippen molar-refractivity contribution >= 4 is 28.5 Å². The number of alkyl halides is 3. The third kappa shape index (κ3) is 3.29. The molecule has 0 bridgehead atoms. The molecule has 0 aliphatic heterocycles. The Morgan fingerprint density at radius 3 is 2.82 bits per heavy atom. The maximum Gasteiger partial charge on any atom is 0.389 e. The van der Waals surface area contributed by atoms with Gasteiger partial charge in [0.25, 0.3) is 0 Å². The lowest BCUT2D eigenvalue weighted by atomic mass is 10.3. The Bertz CT molecular complexity index is 521. The highest BCUT2D eigenvalue weighted by molar-refractivity contribution is 7.99. The molecular weight excluding hydrogens is 251 g/mol. The first-order valence-electron chi connectivity index (χ1n) is 4.89. The first-order valence-corrected chi connectivity index (χ1v) is 5.87. The second kappa shape index (κ2) is 4.48. The molecule has 0 saturated heterocycles. The summed E-state index contributed by atoms with van der Waals surface area (Å²) in [6.45, 7) is 0. The van der Waals surface area contributed by atoms with E-state index in [1.807, 2.05) is 0 Å². The van der Waals surface area contributed by atoms with Crippen LogP contribution in [0.25, 0.3) is 11.0 Å². The number of thioether (sulfide) groups is 1. The van der Waals surface area contributed by atoms with Crippen LogP contribution in [0.3, 0.4) is 0 Å². The van der Waals surface area contributed by atoms with E-state index in [0.717, 1.165) is 17.3 Å². The molecule has 0 atom stereocenters. The van der Waals surface area contributed by atoms with Crippen LogP contribution < -0.4 is 5.73 Å². The summed E-state index contributed by atoms with van der Waals surface area (Å²) in [6.07, 6.45) is -4.94. The molecule has 1 aromatic carbocycles. The van der Waals surface area contributed by atoms with E-state index in [1.54, 1.807) is 18.2 Å². The Labute approximate surface area is 99.6 Å². The van der Waals surface area contributed by atoms with E-state index in [-0.39, 0.29) is 5.75 Å². The first-order chi connectivity index (χ1) is 7.94. The van der Waals surface area contributed by atoms with E-state index in [2.05, 4.69) is 9.97 Å². The van der Waals surface area contributed by atoms with Gasteiger partial charge in [-0.3, -0.25) is 0 Å². The number of nitrogens with zero attached hydrogens (tertiary/aromatic N) is 1. The number of halogens is 3. The second-order valence-electron chi connectivity index (χ2n) is 3.53. The van der Waals surface area contributed by atoms with Crippen molar-refractivity contribution in [3.8, 4) is 0 Å². The maximum absolute atomic E-state index is 12.0. The van der Waals surface area contributed by atoms with Gasteiger partial charge in [0.05, 0.1) is 17.5 Å². The molecule has 17 heavy (non-hydrogen) atoms. The van der Waals surface area contributed by atoms with Gasteiger partial charge in [0.15, 0.2) is 5.16 Å². The predicted octanol–water partition coefficient (Wildman–Crippen LogP) is 3.19. The molecule has 0 saturated carbocycles. The summed E-state index contributed by atoms with van der Waals surface area (Å²) < 4.78 is 35.9. The first kappa shape index (κ1) is 12.1. The molecule has 0 unspecified atom stereocenters. The fraction of sp³-hybridized carbons (Fsp3) is 0.300. The SMILES string of the molecule is Nc1ccc2nc(SCCC(F)(F)F)[nH]c2c1. The van der Waals surface area contributed by atoms with Crippen LogP contribution in [0.4, 0.5) is 18.9 Å². The Hall–Kier alpha value is -1.37. The summed E-state index contributed by atoms with van der Waals surface area (Å²) in [5, 5.41) is 0.481. The number of fused-ring (bicyclic) bond motifs is 1. The quantitative estimate of drug-likeness (QED) is 0.659. The standard InChI is InChI=1S/C10H10F3N3S/c11-10(12,13)3-4-17-9-15-7-2-1-6(14)5-8(7)16-9/h1-2,5H,3-4,14H2,(H,15,16). The van der Waals surface area contributed by atoms with Crippen molar-refractivity contribution in [2.24, 2.45) is 0 Å². The number of rotatable bonds is 3. The molecule has 7 heteroatoms. The fourth-order valence-electron chi connectivity index (χ4n) is 1.34. The smallest absolute Gasteiger partial charge is 0.389 e. The molecule has 0 aliphatic carbocycles. The van der Waals surface area contributed by atoms with Gasteiger partial charge in [-0.25, -0.2) is 4.98 Å². The van der Waals surface area contributed by atoms with Crippen molar-refractivity contribution in [3.63, 3.8) is 0 Å². The Balaban J connectivity index is 2.05. The lowest BCUT2D eigenvalue weighted by Crippen LogP contribution is -2.08. The molecular formula is C10H10F3N3S.